The van der Waals surface area contributed by atoms with Crippen LogP contribution in [-0.2, 0) is 10.3 Å². The van der Waals surface area contributed by atoms with Crippen molar-refractivity contribution in [2.75, 3.05) is 11.9 Å². The van der Waals surface area contributed by atoms with Gasteiger partial charge in [0.15, 0.2) is 5.60 Å². The normalized spacial score (nSPS) is 24.3. The van der Waals surface area contributed by atoms with Crippen molar-refractivity contribution >= 4 is 11.7 Å². The number of benzene rings is 1. The van der Waals surface area contributed by atoms with Crippen LogP contribution in [0.5, 0.6) is 11.6 Å². The molecular formula is C24H23F6N3O3. The monoisotopic (exact) mass is 515 g/mol. The summed E-state index contributed by atoms with van der Waals surface area (Å²) in [5, 5.41) is 5.26. The molecule has 194 valence electrons. The number of aromatic nitrogens is 1. The lowest BCUT2D eigenvalue weighted by Gasteiger charge is -2.57. The average Bonchev–Trinajstić information content (AvgIpc) is 2.67. The largest absolute Gasteiger partial charge is 0.437 e. The molecule has 12 heteroatoms. The number of amides is 2. The van der Waals surface area contributed by atoms with Crippen molar-refractivity contribution in [2.45, 2.75) is 62.8 Å². The summed E-state index contributed by atoms with van der Waals surface area (Å²) in [6, 6.07) is 4.85. The Hall–Kier alpha value is -3.02. The lowest BCUT2D eigenvalue weighted by Crippen LogP contribution is -2.60. The van der Waals surface area contributed by atoms with Gasteiger partial charge in [-0.15, -0.1) is 0 Å². The maximum absolute atomic E-state index is 14.0. The van der Waals surface area contributed by atoms with Gasteiger partial charge in [-0.1, -0.05) is 0 Å². The molecule has 6 nitrogen and oxygen atoms in total. The van der Waals surface area contributed by atoms with Crippen LogP contribution in [-0.4, -0.2) is 35.8 Å². The van der Waals surface area contributed by atoms with Gasteiger partial charge in [-0.3, -0.25) is 0 Å². The van der Waals surface area contributed by atoms with Crippen molar-refractivity contribution in [1.29, 1.82) is 0 Å². The maximum Gasteiger partial charge on any atom is 0.421 e. The molecule has 1 aliphatic heterocycles. The van der Waals surface area contributed by atoms with Crippen LogP contribution in [0.1, 0.15) is 43.4 Å². The Bertz CT molecular complexity index is 1180. The summed E-state index contributed by atoms with van der Waals surface area (Å²) in [4.78, 5) is 16.7. The molecule has 2 N–H and O–H groups in total. The predicted molar refractivity (Wildman–Crippen MR) is 116 cm³/mol. The smallest absolute Gasteiger partial charge is 0.421 e. The second-order valence-electron chi connectivity index (χ2n) is 9.88. The molecule has 2 saturated carbocycles. The quantitative estimate of drug-likeness (QED) is 0.466. The van der Waals surface area contributed by atoms with Crippen molar-refractivity contribution in [2.24, 2.45) is 5.41 Å². The summed E-state index contributed by atoms with van der Waals surface area (Å²) in [5.74, 6) is -4.05. The van der Waals surface area contributed by atoms with Crippen molar-refractivity contribution in [3.05, 3.63) is 47.4 Å². The van der Waals surface area contributed by atoms with E-state index >= 15 is 0 Å². The van der Waals surface area contributed by atoms with Gasteiger partial charge in [-0.25, -0.2) is 22.9 Å². The maximum atomic E-state index is 14.0. The Balaban J connectivity index is 1.33. The number of rotatable bonds is 5. The number of halogens is 6. The second-order valence-corrected chi connectivity index (χ2v) is 9.88. The summed E-state index contributed by atoms with van der Waals surface area (Å²) in [6.45, 7) is 1.47. The predicted octanol–water partition coefficient (Wildman–Crippen LogP) is 6.20. The number of urea groups is 1. The fourth-order valence-electron chi connectivity index (χ4n) is 5.38. The molecule has 2 aliphatic carbocycles. The first-order chi connectivity index (χ1) is 16.8. The molecule has 0 bridgehead atoms. The van der Waals surface area contributed by atoms with Crippen LogP contribution in [0.15, 0.2) is 30.3 Å². The van der Waals surface area contributed by atoms with E-state index < -0.39 is 46.9 Å². The number of hydrogen-bond donors (Lipinski definition) is 2. The van der Waals surface area contributed by atoms with E-state index in [9.17, 15) is 31.1 Å². The van der Waals surface area contributed by atoms with Gasteiger partial charge in [0.1, 0.15) is 17.3 Å². The van der Waals surface area contributed by atoms with Crippen molar-refractivity contribution in [3.63, 3.8) is 0 Å². The Morgan fingerprint density at radius 2 is 1.86 bits per heavy atom. The van der Waals surface area contributed by atoms with E-state index in [0.717, 1.165) is 12.1 Å². The van der Waals surface area contributed by atoms with E-state index in [1.54, 1.807) is 13.0 Å². The third-order valence-corrected chi connectivity index (χ3v) is 7.05. The highest BCUT2D eigenvalue weighted by atomic mass is 19.4. The SMILES string of the molecule is Cc1ccc(NC(=O)NC2CC3(C2)CC(F)(F)C3)c(Oc2ccc(F)cc2C2(C(F)(F)F)CCO2)n1. The Morgan fingerprint density at radius 3 is 2.44 bits per heavy atom. The highest BCUT2D eigenvalue weighted by Gasteiger charge is 2.63. The first kappa shape index (κ1) is 24.7. The lowest BCUT2D eigenvalue weighted by molar-refractivity contribution is -0.333. The molecule has 1 aromatic heterocycles. The van der Waals surface area contributed by atoms with Gasteiger partial charge in [0.05, 0.1) is 6.61 Å². The fourth-order valence-corrected chi connectivity index (χ4v) is 5.38. The zero-order chi connectivity index (χ0) is 25.9. The highest BCUT2D eigenvalue weighted by molar-refractivity contribution is 5.90. The van der Waals surface area contributed by atoms with Gasteiger partial charge < -0.3 is 20.1 Å². The van der Waals surface area contributed by atoms with Gasteiger partial charge in [0.25, 0.3) is 0 Å². The van der Waals surface area contributed by atoms with Crippen LogP contribution in [0.2, 0.25) is 0 Å². The van der Waals surface area contributed by atoms with Crippen LogP contribution in [0.25, 0.3) is 0 Å². The molecule has 1 saturated heterocycles. The number of anilines is 1. The van der Waals surface area contributed by atoms with E-state index in [1.807, 2.05) is 0 Å². The van der Waals surface area contributed by atoms with Crippen LogP contribution < -0.4 is 15.4 Å². The number of pyridine rings is 1. The molecule has 2 amide bonds. The molecule has 2 heterocycles. The number of nitrogens with one attached hydrogen (secondary N) is 2. The second kappa shape index (κ2) is 8.25. The number of ether oxygens (including phenoxy) is 2. The van der Waals surface area contributed by atoms with Crippen molar-refractivity contribution < 1.29 is 40.6 Å². The highest BCUT2D eigenvalue weighted by Crippen LogP contribution is 2.62. The number of alkyl halides is 5. The third kappa shape index (κ3) is 4.35. The minimum atomic E-state index is -4.82. The van der Waals surface area contributed by atoms with Crippen LogP contribution in [0.4, 0.5) is 36.8 Å². The molecule has 1 atom stereocenters. The van der Waals surface area contributed by atoms with Gasteiger partial charge in [0.2, 0.25) is 11.8 Å². The third-order valence-electron chi connectivity index (χ3n) is 7.05. The molecule has 3 aliphatic rings. The summed E-state index contributed by atoms with van der Waals surface area (Å²) in [5.41, 5.74) is -3.14. The molecule has 0 radical (unpaired) electrons. The molecule has 36 heavy (non-hydrogen) atoms. The Morgan fingerprint density at radius 1 is 1.17 bits per heavy atom. The summed E-state index contributed by atoms with van der Waals surface area (Å²) in [7, 11) is 0. The molecule has 1 unspecified atom stereocenters. The standard InChI is InChI=1S/C24H23F6N3O3/c1-13-2-4-17(33-20(34)32-15-9-21(10-15)11-22(26,27)12-21)19(31-13)36-18-5-3-14(25)8-16(18)23(6-7-35-23)24(28,29)30/h2-5,8,15H,6-7,9-12H2,1H3,(H2,32,33,34). The number of hydrogen-bond acceptors (Lipinski definition) is 4. The first-order valence-corrected chi connectivity index (χ1v) is 11.4. The molecule has 2 aromatic rings. The molecule has 3 fully saturated rings. The molecule has 1 spiro atoms. The molecule has 5 rings (SSSR count). The van der Waals surface area contributed by atoms with Crippen LogP contribution in [0.3, 0.4) is 0 Å². The number of carbonyl (C=O) groups excluding carboxylic acids is 1. The summed E-state index contributed by atoms with van der Waals surface area (Å²) < 4.78 is 92.6. The summed E-state index contributed by atoms with van der Waals surface area (Å²) >= 11 is 0. The zero-order valence-corrected chi connectivity index (χ0v) is 19.1. The van der Waals surface area contributed by atoms with E-state index in [2.05, 4.69) is 15.6 Å². The van der Waals surface area contributed by atoms with E-state index in [0.29, 0.717) is 24.6 Å². The van der Waals surface area contributed by atoms with E-state index in [-0.39, 0.29) is 42.8 Å². The van der Waals surface area contributed by atoms with Crippen molar-refractivity contribution in [3.8, 4) is 11.6 Å². The van der Waals surface area contributed by atoms with Gasteiger partial charge in [-0.2, -0.15) is 13.2 Å². The van der Waals surface area contributed by atoms with Crippen LogP contribution >= 0.6 is 0 Å². The van der Waals surface area contributed by atoms with Crippen LogP contribution in [0, 0.1) is 18.2 Å². The van der Waals surface area contributed by atoms with Gasteiger partial charge in [-0.05, 0) is 55.5 Å². The summed E-state index contributed by atoms with van der Waals surface area (Å²) in [6.07, 6.45) is -4.68. The lowest BCUT2D eigenvalue weighted by atomic mass is 9.52. The number of nitrogens with zero attached hydrogens (tertiary/aromatic N) is 1. The molecule has 1 aromatic carbocycles. The van der Waals surface area contributed by atoms with E-state index in [4.69, 9.17) is 9.47 Å². The van der Waals surface area contributed by atoms with Gasteiger partial charge >= 0.3 is 12.2 Å². The fraction of sp³-hybridized carbons (Fsp3) is 0.500. The first-order valence-electron chi connectivity index (χ1n) is 11.4. The van der Waals surface area contributed by atoms with Gasteiger partial charge in [0, 0.05) is 36.6 Å². The molecular weight excluding hydrogens is 492 g/mol. The van der Waals surface area contributed by atoms with E-state index in [1.165, 1.54) is 6.07 Å². The Labute approximate surface area is 202 Å². The van der Waals surface area contributed by atoms with Crippen molar-refractivity contribution in [1.82, 2.24) is 10.3 Å². The topological polar surface area (TPSA) is 72.5 Å². The number of carbonyl (C=O) groups is 1. The zero-order valence-electron chi connectivity index (χ0n) is 19.1. The minimum absolute atomic E-state index is 0.0631. The number of aryl methyl sites for hydroxylation is 1. The minimum Gasteiger partial charge on any atom is -0.437 e. The average molecular weight is 515 g/mol. The Kier molecular flexibility index (Phi) is 5.66.